The van der Waals surface area contributed by atoms with Crippen molar-refractivity contribution in [3.8, 4) is 0 Å². The number of aliphatic carboxylic acids is 1. The number of amides is 3. The SMILES string of the molecule is CC(=O)N[C@@H](Cc1ccccc1)C(=O)N[C@H](CCC(=O)O)C(N)=O. The number of nitrogens with one attached hydrogen (secondary N) is 2. The quantitative estimate of drug-likeness (QED) is 0.485. The predicted octanol–water partition coefficient (Wildman–Crippen LogP) is -0.431. The summed E-state index contributed by atoms with van der Waals surface area (Å²) in [6.45, 7) is 1.28. The maximum atomic E-state index is 12.4. The molecule has 0 fully saturated rings. The molecule has 0 saturated heterocycles. The third kappa shape index (κ3) is 6.91. The van der Waals surface area contributed by atoms with E-state index in [4.69, 9.17) is 10.8 Å². The van der Waals surface area contributed by atoms with Crippen LogP contribution in [0.4, 0.5) is 0 Å². The fraction of sp³-hybridized carbons (Fsp3) is 0.375. The highest BCUT2D eigenvalue weighted by Crippen LogP contribution is 2.05. The summed E-state index contributed by atoms with van der Waals surface area (Å²) in [4.78, 5) is 45.7. The van der Waals surface area contributed by atoms with Crippen LogP contribution in [0.3, 0.4) is 0 Å². The largest absolute Gasteiger partial charge is 0.481 e. The molecule has 0 aromatic heterocycles. The number of carboxylic acid groups (broad SMARTS) is 1. The topological polar surface area (TPSA) is 139 Å². The van der Waals surface area contributed by atoms with Crippen LogP contribution in [-0.2, 0) is 25.6 Å². The Morgan fingerprint density at radius 3 is 2.21 bits per heavy atom. The lowest BCUT2D eigenvalue weighted by Gasteiger charge is -2.21. The van der Waals surface area contributed by atoms with Crippen LogP contribution in [0.1, 0.15) is 25.3 Å². The number of primary amides is 1. The van der Waals surface area contributed by atoms with E-state index in [9.17, 15) is 19.2 Å². The van der Waals surface area contributed by atoms with Crippen LogP contribution >= 0.6 is 0 Å². The molecule has 0 unspecified atom stereocenters. The summed E-state index contributed by atoms with van der Waals surface area (Å²) in [7, 11) is 0. The molecule has 0 radical (unpaired) electrons. The average molecular weight is 335 g/mol. The van der Waals surface area contributed by atoms with Crippen LogP contribution in [0.2, 0.25) is 0 Å². The minimum Gasteiger partial charge on any atom is -0.481 e. The van der Waals surface area contributed by atoms with Crippen molar-refractivity contribution in [2.75, 3.05) is 0 Å². The van der Waals surface area contributed by atoms with Crippen molar-refractivity contribution in [1.29, 1.82) is 0 Å². The van der Waals surface area contributed by atoms with Gasteiger partial charge in [-0.2, -0.15) is 0 Å². The minimum absolute atomic E-state index is 0.117. The molecule has 5 N–H and O–H groups in total. The Hall–Kier alpha value is -2.90. The number of nitrogens with two attached hydrogens (primary N) is 1. The molecule has 2 atom stereocenters. The molecule has 0 spiro atoms. The first-order valence-electron chi connectivity index (χ1n) is 7.42. The highest BCUT2D eigenvalue weighted by molar-refractivity contribution is 5.91. The summed E-state index contributed by atoms with van der Waals surface area (Å²) >= 11 is 0. The van der Waals surface area contributed by atoms with Crippen LogP contribution in [0, 0.1) is 0 Å². The zero-order valence-corrected chi connectivity index (χ0v) is 13.3. The zero-order chi connectivity index (χ0) is 18.1. The van der Waals surface area contributed by atoms with E-state index in [1.54, 1.807) is 24.3 Å². The molecule has 130 valence electrons. The summed E-state index contributed by atoms with van der Waals surface area (Å²) in [5.41, 5.74) is 6.02. The first-order valence-corrected chi connectivity index (χ1v) is 7.42. The number of hydrogen-bond donors (Lipinski definition) is 4. The van der Waals surface area contributed by atoms with E-state index in [0.29, 0.717) is 0 Å². The number of benzene rings is 1. The Balaban J connectivity index is 2.79. The van der Waals surface area contributed by atoms with Crippen molar-refractivity contribution in [2.45, 2.75) is 38.3 Å². The van der Waals surface area contributed by atoms with E-state index >= 15 is 0 Å². The van der Waals surface area contributed by atoms with Crippen LogP contribution in [0.15, 0.2) is 30.3 Å². The van der Waals surface area contributed by atoms with E-state index in [0.717, 1.165) is 5.56 Å². The van der Waals surface area contributed by atoms with Crippen LogP contribution in [-0.4, -0.2) is 40.9 Å². The number of rotatable bonds is 9. The van der Waals surface area contributed by atoms with Crippen molar-refractivity contribution >= 4 is 23.7 Å². The second-order valence-corrected chi connectivity index (χ2v) is 5.34. The molecule has 0 saturated carbocycles. The van der Waals surface area contributed by atoms with E-state index < -0.39 is 35.8 Å². The summed E-state index contributed by atoms with van der Waals surface area (Å²) < 4.78 is 0. The predicted molar refractivity (Wildman–Crippen MR) is 85.7 cm³/mol. The summed E-state index contributed by atoms with van der Waals surface area (Å²) in [5.74, 6) is -2.92. The van der Waals surface area contributed by atoms with E-state index in [1.807, 2.05) is 6.07 Å². The van der Waals surface area contributed by atoms with Crippen LogP contribution < -0.4 is 16.4 Å². The molecule has 1 aromatic carbocycles. The second-order valence-electron chi connectivity index (χ2n) is 5.34. The summed E-state index contributed by atoms with van der Waals surface area (Å²) in [5, 5.41) is 13.6. The van der Waals surface area contributed by atoms with E-state index in [-0.39, 0.29) is 19.3 Å². The standard InChI is InChI=1S/C16H21N3O5/c1-10(20)18-13(9-11-5-3-2-4-6-11)16(24)19-12(15(17)23)7-8-14(21)22/h2-6,12-13H,7-9H2,1H3,(H2,17,23)(H,18,20)(H,19,24)(H,21,22)/t12-,13+/m1/s1. The van der Waals surface area contributed by atoms with Crippen molar-refractivity contribution in [3.63, 3.8) is 0 Å². The van der Waals surface area contributed by atoms with Gasteiger partial charge in [0.1, 0.15) is 12.1 Å². The average Bonchev–Trinajstić information content (AvgIpc) is 2.50. The molecule has 8 nitrogen and oxygen atoms in total. The van der Waals surface area contributed by atoms with Crippen LogP contribution in [0.5, 0.6) is 0 Å². The number of hydrogen-bond acceptors (Lipinski definition) is 4. The number of carbonyl (C=O) groups excluding carboxylic acids is 3. The normalized spacial score (nSPS) is 12.7. The lowest BCUT2D eigenvalue weighted by atomic mass is 10.0. The molecule has 0 aliphatic carbocycles. The highest BCUT2D eigenvalue weighted by atomic mass is 16.4. The van der Waals surface area contributed by atoms with Gasteiger partial charge < -0.3 is 21.5 Å². The smallest absolute Gasteiger partial charge is 0.303 e. The van der Waals surface area contributed by atoms with Crippen molar-refractivity contribution in [1.82, 2.24) is 10.6 Å². The fourth-order valence-electron chi connectivity index (χ4n) is 2.13. The van der Waals surface area contributed by atoms with Crippen molar-refractivity contribution in [2.24, 2.45) is 5.73 Å². The third-order valence-electron chi connectivity index (χ3n) is 3.28. The van der Waals surface area contributed by atoms with Gasteiger partial charge in [-0.25, -0.2) is 0 Å². The maximum absolute atomic E-state index is 12.4. The van der Waals surface area contributed by atoms with E-state index in [2.05, 4.69) is 10.6 Å². The first-order chi connectivity index (χ1) is 11.3. The van der Waals surface area contributed by atoms with Gasteiger partial charge >= 0.3 is 5.97 Å². The molecule has 0 aliphatic heterocycles. The molecular formula is C16H21N3O5. The van der Waals surface area contributed by atoms with Crippen LogP contribution in [0.25, 0.3) is 0 Å². The van der Waals surface area contributed by atoms with Gasteiger partial charge in [-0.1, -0.05) is 30.3 Å². The van der Waals surface area contributed by atoms with Gasteiger partial charge in [0.2, 0.25) is 17.7 Å². The lowest BCUT2D eigenvalue weighted by Crippen LogP contribution is -2.53. The molecular weight excluding hydrogens is 314 g/mol. The molecule has 0 aliphatic rings. The molecule has 8 heteroatoms. The van der Waals surface area contributed by atoms with Gasteiger partial charge in [-0.05, 0) is 12.0 Å². The Labute approximate surface area is 139 Å². The molecule has 24 heavy (non-hydrogen) atoms. The Morgan fingerprint density at radius 1 is 1.08 bits per heavy atom. The Bertz CT molecular complexity index is 603. The van der Waals surface area contributed by atoms with Crippen molar-refractivity contribution in [3.05, 3.63) is 35.9 Å². The summed E-state index contributed by atoms with van der Waals surface area (Å²) in [6, 6.07) is 7.04. The van der Waals surface area contributed by atoms with E-state index in [1.165, 1.54) is 6.92 Å². The second kappa shape index (κ2) is 9.29. The lowest BCUT2D eigenvalue weighted by molar-refractivity contribution is -0.137. The van der Waals surface area contributed by atoms with Gasteiger partial charge in [-0.15, -0.1) is 0 Å². The zero-order valence-electron chi connectivity index (χ0n) is 13.3. The molecule has 1 aromatic rings. The molecule has 3 amide bonds. The Kier molecular flexibility index (Phi) is 7.41. The summed E-state index contributed by atoms with van der Waals surface area (Å²) in [6.07, 6.45) is -0.192. The fourth-order valence-corrected chi connectivity index (χ4v) is 2.13. The third-order valence-corrected chi connectivity index (χ3v) is 3.28. The first kappa shape index (κ1) is 19.1. The monoisotopic (exact) mass is 335 g/mol. The molecule has 0 heterocycles. The molecule has 1 rings (SSSR count). The maximum Gasteiger partial charge on any atom is 0.303 e. The Morgan fingerprint density at radius 2 is 1.71 bits per heavy atom. The highest BCUT2D eigenvalue weighted by Gasteiger charge is 2.25. The van der Waals surface area contributed by atoms with Gasteiger partial charge in [0.15, 0.2) is 0 Å². The van der Waals surface area contributed by atoms with Gasteiger partial charge in [0, 0.05) is 19.8 Å². The van der Waals surface area contributed by atoms with Gasteiger partial charge in [0.25, 0.3) is 0 Å². The molecule has 0 bridgehead atoms. The van der Waals surface area contributed by atoms with Gasteiger partial charge in [0.05, 0.1) is 0 Å². The van der Waals surface area contributed by atoms with Gasteiger partial charge in [-0.3, -0.25) is 19.2 Å². The van der Waals surface area contributed by atoms with Crippen molar-refractivity contribution < 1.29 is 24.3 Å². The minimum atomic E-state index is -1.11. The number of carbonyl (C=O) groups is 4. The number of carboxylic acids is 1.